The zero-order chi connectivity index (χ0) is 22.4. The molecular weight excluding hydrogens is 415 g/mol. The van der Waals surface area contributed by atoms with Crippen LogP contribution in [0.3, 0.4) is 0 Å². The highest BCUT2D eigenvalue weighted by Crippen LogP contribution is 2.27. The fourth-order valence-electron chi connectivity index (χ4n) is 3.07. The Morgan fingerprint density at radius 2 is 1.81 bits per heavy atom. The van der Waals surface area contributed by atoms with E-state index in [9.17, 15) is 14.0 Å². The molecule has 0 fully saturated rings. The summed E-state index contributed by atoms with van der Waals surface area (Å²) in [5, 5.41) is 8.51. The van der Waals surface area contributed by atoms with Gasteiger partial charge in [-0.15, -0.1) is 5.10 Å². The molecule has 1 heterocycles. The summed E-state index contributed by atoms with van der Waals surface area (Å²) in [5.41, 5.74) is 1.08. The predicted octanol–water partition coefficient (Wildman–Crippen LogP) is 4.37. The molecule has 1 atom stereocenters. The van der Waals surface area contributed by atoms with Crippen molar-refractivity contribution in [3.8, 4) is 0 Å². The quantitative estimate of drug-likeness (QED) is 0.565. The molecule has 0 saturated carbocycles. The maximum absolute atomic E-state index is 13.5. The molecule has 0 radical (unpaired) electrons. The maximum Gasteiger partial charge on any atom is 0.276 e. The molecule has 0 aliphatic rings. The Balaban J connectivity index is 2.05. The van der Waals surface area contributed by atoms with Crippen LogP contribution < -0.4 is 5.32 Å². The molecule has 8 heteroatoms. The number of aromatic nitrogens is 2. The zero-order valence-electron chi connectivity index (χ0n) is 17.7. The molecule has 0 aliphatic carbocycles. The SMILES string of the molecule is CCC(C)(C)NC(=O)[C@H](c1ccccc1)N(Cc1ccc(F)cc1)C(=O)c1csnn1. The molecule has 0 bridgehead atoms. The second-order valence-corrected chi connectivity index (χ2v) is 8.50. The van der Waals surface area contributed by atoms with Crippen molar-refractivity contribution >= 4 is 23.3 Å². The third kappa shape index (κ3) is 5.73. The second kappa shape index (κ2) is 9.78. The Hall–Kier alpha value is -3.13. The van der Waals surface area contributed by atoms with Gasteiger partial charge in [0, 0.05) is 17.5 Å². The minimum atomic E-state index is -0.897. The van der Waals surface area contributed by atoms with Crippen molar-refractivity contribution in [2.24, 2.45) is 0 Å². The maximum atomic E-state index is 13.5. The molecule has 3 rings (SSSR count). The van der Waals surface area contributed by atoms with Gasteiger partial charge in [-0.05, 0) is 55.1 Å². The molecule has 3 aromatic rings. The largest absolute Gasteiger partial charge is 0.349 e. The van der Waals surface area contributed by atoms with E-state index in [0.717, 1.165) is 18.0 Å². The van der Waals surface area contributed by atoms with Gasteiger partial charge >= 0.3 is 0 Å². The van der Waals surface area contributed by atoms with Gasteiger partial charge in [0.1, 0.15) is 11.9 Å². The summed E-state index contributed by atoms with van der Waals surface area (Å²) >= 11 is 1.06. The summed E-state index contributed by atoms with van der Waals surface area (Å²) in [6.07, 6.45) is 0.724. The minimum Gasteiger partial charge on any atom is -0.349 e. The van der Waals surface area contributed by atoms with E-state index in [1.54, 1.807) is 17.5 Å². The first kappa shape index (κ1) is 22.6. The van der Waals surface area contributed by atoms with Crippen molar-refractivity contribution in [2.75, 3.05) is 0 Å². The summed E-state index contributed by atoms with van der Waals surface area (Å²) in [5.74, 6) is -1.08. The summed E-state index contributed by atoms with van der Waals surface area (Å²) in [7, 11) is 0. The van der Waals surface area contributed by atoms with Crippen molar-refractivity contribution < 1.29 is 14.0 Å². The highest BCUT2D eigenvalue weighted by Gasteiger charge is 2.35. The number of benzene rings is 2. The highest BCUT2D eigenvalue weighted by molar-refractivity contribution is 7.03. The standard InChI is InChI=1S/C23H25FN4O2S/c1-4-23(2,3)25-21(29)20(17-8-6-5-7-9-17)28(22(30)19-15-31-27-26-19)14-16-10-12-18(24)13-11-16/h5-13,15,20H,4,14H2,1-3H3,(H,25,29)/t20-/m0/s1. The molecule has 0 unspecified atom stereocenters. The Kier molecular flexibility index (Phi) is 7.12. The lowest BCUT2D eigenvalue weighted by atomic mass is 9.98. The average Bonchev–Trinajstić information content (AvgIpc) is 3.29. The number of hydrogen-bond acceptors (Lipinski definition) is 5. The van der Waals surface area contributed by atoms with Crippen LogP contribution in [-0.4, -0.2) is 31.8 Å². The lowest BCUT2D eigenvalue weighted by molar-refractivity contribution is -0.127. The minimum absolute atomic E-state index is 0.107. The van der Waals surface area contributed by atoms with Crippen molar-refractivity contribution in [3.05, 3.63) is 82.6 Å². The molecule has 31 heavy (non-hydrogen) atoms. The van der Waals surface area contributed by atoms with Gasteiger partial charge in [-0.1, -0.05) is 53.9 Å². The third-order valence-electron chi connectivity index (χ3n) is 5.13. The number of carbonyl (C=O) groups excluding carboxylic acids is 2. The molecule has 162 valence electrons. The first-order chi connectivity index (χ1) is 14.8. The van der Waals surface area contributed by atoms with Gasteiger partial charge in [-0.25, -0.2) is 4.39 Å². The van der Waals surface area contributed by atoms with E-state index in [1.807, 2.05) is 51.1 Å². The first-order valence-electron chi connectivity index (χ1n) is 10.00. The highest BCUT2D eigenvalue weighted by atomic mass is 32.1. The molecule has 6 nitrogen and oxygen atoms in total. The molecule has 0 aliphatic heterocycles. The smallest absolute Gasteiger partial charge is 0.276 e. The van der Waals surface area contributed by atoms with Gasteiger partial charge in [0.15, 0.2) is 5.69 Å². The number of halogens is 1. The Bertz CT molecular complexity index is 1010. The van der Waals surface area contributed by atoms with Crippen LogP contribution in [0.15, 0.2) is 60.0 Å². The van der Waals surface area contributed by atoms with Crippen LogP contribution in [0, 0.1) is 5.82 Å². The molecule has 2 amide bonds. The van der Waals surface area contributed by atoms with Gasteiger partial charge in [-0.2, -0.15) is 0 Å². The third-order valence-corrected chi connectivity index (χ3v) is 5.63. The van der Waals surface area contributed by atoms with Crippen molar-refractivity contribution in [2.45, 2.75) is 45.3 Å². The second-order valence-electron chi connectivity index (χ2n) is 7.89. The zero-order valence-corrected chi connectivity index (χ0v) is 18.5. The van der Waals surface area contributed by atoms with E-state index in [2.05, 4.69) is 14.9 Å². The van der Waals surface area contributed by atoms with Crippen molar-refractivity contribution in [3.63, 3.8) is 0 Å². The predicted molar refractivity (Wildman–Crippen MR) is 118 cm³/mol. The molecule has 0 saturated heterocycles. The van der Waals surface area contributed by atoms with E-state index in [0.29, 0.717) is 11.1 Å². The Morgan fingerprint density at radius 3 is 2.39 bits per heavy atom. The van der Waals surface area contributed by atoms with Gasteiger partial charge in [0.05, 0.1) is 0 Å². The molecular formula is C23H25FN4O2S. The lowest BCUT2D eigenvalue weighted by Crippen LogP contribution is -2.50. The monoisotopic (exact) mass is 440 g/mol. The van der Waals surface area contributed by atoms with Crippen LogP contribution in [-0.2, 0) is 11.3 Å². The summed E-state index contributed by atoms with van der Waals surface area (Å²) < 4.78 is 17.2. The summed E-state index contributed by atoms with van der Waals surface area (Å²) in [4.78, 5) is 28.3. The Morgan fingerprint density at radius 1 is 1.13 bits per heavy atom. The molecule has 0 spiro atoms. The number of rotatable bonds is 8. The van der Waals surface area contributed by atoms with Crippen LogP contribution in [0.2, 0.25) is 0 Å². The number of nitrogens with one attached hydrogen (secondary N) is 1. The number of nitrogens with zero attached hydrogens (tertiary/aromatic N) is 3. The molecule has 2 aromatic carbocycles. The topological polar surface area (TPSA) is 75.2 Å². The van der Waals surface area contributed by atoms with E-state index in [4.69, 9.17) is 0 Å². The van der Waals surface area contributed by atoms with Gasteiger partial charge < -0.3 is 10.2 Å². The fourth-order valence-corrected chi connectivity index (χ4v) is 3.50. The van der Waals surface area contributed by atoms with Gasteiger partial charge in [0.2, 0.25) is 5.91 Å². The normalized spacial score (nSPS) is 12.3. The Labute approximate surface area is 185 Å². The average molecular weight is 441 g/mol. The molecule has 1 N–H and O–H groups in total. The van der Waals surface area contributed by atoms with Crippen molar-refractivity contribution in [1.29, 1.82) is 0 Å². The van der Waals surface area contributed by atoms with E-state index in [1.165, 1.54) is 17.0 Å². The summed E-state index contributed by atoms with van der Waals surface area (Å²) in [6.45, 7) is 5.96. The molecule has 1 aromatic heterocycles. The van der Waals surface area contributed by atoms with E-state index < -0.39 is 17.5 Å². The number of amides is 2. The van der Waals surface area contributed by atoms with Gasteiger partial charge in [0.25, 0.3) is 5.91 Å². The van der Waals surface area contributed by atoms with Crippen LogP contribution in [0.4, 0.5) is 4.39 Å². The number of carbonyl (C=O) groups is 2. The van der Waals surface area contributed by atoms with Gasteiger partial charge in [-0.3, -0.25) is 9.59 Å². The van der Waals surface area contributed by atoms with E-state index in [-0.39, 0.29) is 24.0 Å². The van der Waals surface area contributed by atoms with Crippen LogP contribution >= 0.6 is 11.5 Å². The van der Waals surface area contributed by atoms with Crippen molar-refractivity contribution in [1.82, 2.24) is 19.8 Å². The van der Waals surface area contributed by atoms with Crippen LogP contribution in [0.5, 0.6) is 0 Å². The lowest BCUT2D eigenvalue weighted by Gasteiger charge is -2.34. The van der Waals surface area contributed by atoms with Crippen LogP contribution in [0.1, 0.15) is 54.8 Å². The van der Waals surface area contributed by atoms with Crippen LogP contribution in [0.25, 0.3) is 0 Å². The fraction of sp³-hybridized carbons (Fsp3) is 0.304. The first-order valence-corrected chi connectivity index (χ1v) is 10.8. The number of hydrogen-bond donors (Lipinski definition) is 1. The summed E-state index contributed by atoms with van der Waals surface area (Å²) in [6, 6.07) is 14.1. The van der Waals surface area contributed by atoms with E-state index >= 15 is 0 Å².